The Labute approximate surface area is 431 Å². The Balaban J connectivity index is 0.000000405. The monoisotopic (exact) mass is 967 g/mol. The highest BCUT2D eigenvalue weighted by Crippen LogP contribution is 2.00. The maximum atomic E-state index is 4.17. The van der Waals surface area contributed by atoms with Crippen LogP contribution in [0.5, 0.6) is 0 Å². The van der Waals surface area contributed by atoms with Crippen molar-refractivity contribution in [3.8, 4) is 0 Å². The summed E-state index contributed by atoms with van der Waals surface area (Å²) >= 11 is 0. The van der Waals surface area contributed by atoms with Crippen molar-refractivity contribution in [1.82, 2.24) is 59.8 Å². The molecule has 9 rings (SSSR count). The lowest BCUT2D eigenvalue weighted by Gasteiger charge is -1.90. The lowest BCUT2D eigenvalue weighted by atomic mass is 10.2. The summed E-state index contributed by atoms with van der Waals surface area (Å²) in [5.41, 5.74) is 18.0. The first kappa shape index (κ1) is 62.2. The SMILES string of the molecule is Cc1ccc(C)nc1.Cc1ccc(C)nc1.Cc1cccc(C)n1.Cc1ccnc(C)c1.Cc1ccnc(C)c1.Cc1ccnc(C)n1.Cc1cnc(C)cn1.Cc1cnc(C)nc1.Cc1cncc(C)c1. The Kier molecular flexibility index (Phi) is 31.2. The van der Waals surface area contributed by atoms with Crippen LogP contribution in [-0.2, 0) is 0 Å². The number of aryl methyl sites for hydroxylation is 18. The van der Waals surface area contributed by atoms with E-state index in [4.69, 9.17) is 0 Å². The van der Waals surface area contributed by atoms with E-state index < -0.39 is 0 Å². The van der Waals surface area contributed by atoms with Gasteiger partial charge in [-0.1, -0.05) is 24.3 Å². The summed E-state index contributed by atoms with van der Waals surface area (Å²) in [7, 11) is 0. The van der Waals surface area contributed by atoms with Gasteiger partial charge in [0.2, 0.25) is 0 Å². The van der Waals surface area contributed by atoms with Crippen molar-refractivity contribution < 1.29 is 0 Å². The van der Waals surface area contributed by atoms with Gasteiger partial charge in [0.05, 0.1) is 11.4 Å². The zero-order valence-electron chi connectivity index (χ0n) is 46.2. The van der Waals surface area contributed by atoms with Crippen molar-refractivity contribution in [2.24, 2.45) is 0 Å². The van der Waals surface area contributed by atoms with E-state index in [-0.39, 0.29) is 0 Å². The summed E-state index contributed by atoms with van der Waals surface area (Å²) in [4.78, 5) is 48.4. The van der Waals surface area contributed by atoms with Crippen LogP contribution in [0.25, 0.3) is 0 Å². The fourth-order valence-corrected chi connectivity index (χ4v) is 5.33. The molecule has 9 aromatic heterocycles. The van der Waals surface area contributed by atoms with Crippen LogP contribution in [0.15, 0.2) is 147 Å². The van der Waals surface area contributed by atoms with Gasteiger partial charge in [0.15, 0.2) is 0 Å². The first-order valence-corrected chi connectivity index (χ1v) is 23.7. The van der Waals surface area contributed by atoms with Crippen LogP contribution in [0.2, 0.25) is 0 Å². The smallest absolute Gasteiger partial charge is 0.125 e. The van der Waals surface area contributed by atoms with Crippen LogP contribution in [0, 0.1) is 125 Å². The maximum absolute atomic E-state index is 4.17. The van der Waals surface area contributed by atoms with Gasteiger partial charge in [-0.15, -0.1) is 0 Å². The van der Waals surface area contributed by atoms with E-state index in [0.717, 1.165) is 68.5 Å². The van der Waals surface area contributed by atoms with Gasteiger partial charge in [0.1, 0.15) is 11.6 Å². The van der Waals surface area contributed by atoms with Crippen molar-refractivity contribution in [3.05, 3.63) is 249 Å². The molecule has 0 amide bonds. The molecule has 0 N–H and O–H groups in total. The van der Waals surface area contributed by atoms with E-state index in [1.165, 1.54) is 33.4 Å². The summed E-state index contributed by atoms with van der Waals surface area (Å²) in [6.45, 7) is 35.8. The third-order valence-electron chi connectivity index (χ3n) is 9.00. The van der Waals surface area contributed by atoms with Crippen molar-refractivity contribution in [3.63, 3.8) is 0 Å². The van der Waals surface area contributed by atoms with Gasteiger partial charge in [-0.05, 0) is 218 Å². The molecule has 0 aliphatic rings. The predicted molar refractivity (Wildman–Crippen MR) is 297 cm³/mol. The van der Waals surface area contributed by atoms with Gasteiger partial charge in [0.25, 0.3) is 0 Å². The highest BCUT2D eigenvalue weighted by Gasteiger charge is 1.88. The summed E-state index contributed by atoms with van der Waals surface area (Å²) in [5.74, 6) is 1.67. The normalized spacial score (nSPS) is 9.25. The molecule has 9 aromatic rings. The minimum Gasteiger partial charge on any atom is -0.264 e. The van der Waals surface area contributed by atoms with Crippen molar-refractivity contribution in [2.45, 2.75) is 125 Å². The second kappa shape index (κ2) is 36.1. The van der Waals surface area contributed by atoms with Gasteiger partial charge in [-0.3, -0.25) is 39.9 Å². The Morgan fingerprint density at radius 2 is 0.625 bits per heavy atom. The molecule has 0 atom stereocenters. The molecular formula is C60H78N12. The van der Waals surface area contributed by atoms with Gasteiger partial charge < -0.3 is 0 Å². The van der Waals surface area contributed by atoms with Gasteiger partial charge in [-0.25, -0.2) is 19.9 Å². The van der Waals surface area contributed by atoms with Crippen LogP contribution in [-0.4, -0.2) is 59.8 Å². The largest absolute Gasteiger partial charge is 0.264 e. The molecule has 0 aliphatic carbocycles. The number of hydrogen-bond donors (Lipinski definition) is 0. The standard InChI is InChI=1S/6C7H9N.3C6H8N2/c1-6-3-7(2)5-8-4-6;2*1-6-3-4-8-7(2)5-6;2*1-6-3-4-7(2)8-5-6;1-6-4-3-5-7(2)8-6;1-5-3-8-6(2)4-7-5;1-5-3-7-6(2)8-4-5;1-5-3-4-7-6(2)8-5/h6*3-5H,1-2H3;3*3-4H,1-2H3. The third-order valence-corrected chi connectivity index (χ3v) is 9.00. The number of aromatic nitrogens is 12. The Bertz CT molecular complexity index is 2220. The number of nitrogens with zero attached hydrogens (tertiary/aromatic N) is 12. The number of hydrogen-bond acceptors (Lipinski definition) is 12. The molecule has 9 heterocycles. The van der Waals surface area contributed by atoms with Crippen LogP contribution >= 0.6 is 0 Å². The average molecular weight is 967 g/mol. The Morgan fingerprint density at radius 1 is 0.222 bits per heavy atom. The van der Waals surface area contributed by atoms with Gasteiger partial charge >= 0.3 is 0 Å². The quantitative estimate of drug-likeness (QED) is 0.142. The zero-order valence-corrected chi connectivity index (χ0v) is 46.2. The molecule has 12 heteroatoms. The highest BCUT2D eigenvalue weighted by molar-refractivity contribution is 5.16. The molecule has 0 aromatic carbocycles. The van der Waals surface area contributed by atoms with E-state index in [0.29, 0.717) is 0 Å². The molecule has 0 aliphatic heterocycles. The lowest BCUT2D eigenvalue weighted by molar-refractivity contribution is 1.01. The van der Waals surface area contributed by atoms with E-state index in [2.05, 4.69) is 104 Å². The first-order valence-electron chi connectivity index (χ1n) is 23.7. The van der Waals surface area contributed by atoms with E-state index in [9.17, 15) is 0 Å². The number of rotatable bonds is 0. The van der Waals surface area contributed by atoms with Crippen LogP contribution in [0.1, 0.15) is 102 Å². The molecule has 0 bridgehead atoms. The molecule has 0 saturated heterocycles. The molecule has 378 valence electrons. The molecule has 72 heavy (non-hydrogen) atoms. The van der Waals surface area contributed by atoms with Crippen molar-refractivity contribution >= 4 is 0 Å². The van der Waals surface area contributed by atoms with Gasteiger partial charge in [-0.2, -0.15) is 0 Å². The summed E-state index contributed by atoms with van der Waals surface area (Å²) in [6, 6.07) is 26.2. The summed E-state index contributed by atoms with van der Waals surface area (Å²) in [6.07, 6.45) is 20.0. The maximum Gasteiger partial charge on any atom is 0.125 e. The van der Waals surface area contributed by atoms with Gasteiger partial charge in [0, 0.05) is 108 Å². The van der Waals surface area contributed by atoms with Crippen LogP contribution in [0.3, 0.4) is 0 Å². The third kappa shape index (κ3) is 34.4. The Morgan fingerprint density at radius 3 is 0.875 bits per heavy atom. The lowest BCUT2D eigenvalue weighted by Crippen LogP contribution is -1.86. The second-order valence-electron chi connectivity index (χ2n) is 17.2. The van der Waals surface area contributed by atoms with E-state index in [1.54, 1.807) is 18.6 Å². The topological polar surface area (TPSA) is 155 Å². The van der Waals surface area contributed by atoms with E-state index >= 15 is 0 Å². The first-order chi connectivity index (χ1) is 34.1. The van der Waals surface area contributed by atoms with Crippen LogP contribution < -0.4 is 0 Å². The van der Waals surface area contributed by atoms with Crippen LogP contribution in [0.4, 0.5) is 0 Å². The zero-order chi connectivity index (χ0) is 53.8. The molecule has 0 saturated carbocycles. The Hall–Kier alpha value is -7.86. The van der Waals surface area contributed by atoms with Crippen molar-refractivity contribution in [2.75, 3.05) is 0 Å². The molecule has 12 nitrogen and oxygen atoms in total. The molecular weight excluding hydrogens is 889 g/mol. The predicted octanol–water partition coefficient (Wildman–Crippen LogP) is 13.5. The summed E-state index contributed by atoms with van der Waals surface area (Å²) in [5, 5.41) is 0. The fraction of sp³-hybridized carbons (Fsp3) is 0.300. The highest BCUT2D eigenvalue weighted by atomic mass is 14.9. The second-order valence-corrected chi connectivity index (χ2v) is 17.2. The minimum absolute atomic E-state index is 0.829. The molecule has 0 radical (unpaired) electrons. The number of pyridine rings is 6. The molecule has 0 spiro atoms. The molecule has 0 fully saturated rings. The average Bonchev–Trinajstić information content (AvgIpc) is 3.32. The summed E-state index contributed by atoms with van der Waals surface area (Å²) < 4.78 is 0. The fourth-order valence-electron chi connectivity index (χ4n) is 5.33. The minimum atomic E-state index is 0.829. The van der Waals surface area contributed by atoms with Crippen molar-refractivity contribution in [1.29, 1.82) is 0 Å². The molecule has 0 unspecified atom stereocenters. The van der Waals surface area contributed by atoms with E-state index in [1.807, 2.05) is 209 Å².